The van der Waals surface area contributed by atoms with E-state index in [2.05, 4.69) is 5.32 Å². The van der Waals surface area contributed by atoms with Gasteiger partial charge in [-0.25, -0.2) is 4.39 Å². The van der Waals surface area contributed by atoms with Gasteiger partial charge in [0.05, 0.1) is 6.54 Å². The Hall–Kier alpha value is -1.13. The lowest BCUT2D eigenvalue weighted by atomic mass is 10.1. The molecular formula is C14H18ClFN2O. The van der Waals surface area contributed by atoms with Gasteiger partial charge in [0.1, 0.15) is 5.82 Å². The lowest BCUT2D eigenvalue weighted by Crippen LogP contribution is -2.41. The summed E-state index contributed by atoms with van der Waals surface area (Å²) in [5, 5.41) is 3.35. The van der Waals surface area contributed by atoms with Crippen molar-refractivity contribution >= 4 is 17.5 Å². The summed E-state index contributed by atoms with van der Waals surface area (Å²) in [6.45, 7) is 2.16. The SMILES string of the molecule is O=C(CNCc1c(F)cccc1Cl)N1CCCCC1. The number of hydrogen-bond acceptors (Lipinski definition) is 2. The average molecular weight is 285 g/mol. The Morgan fingerprint density at radius 3 is 2.74 bits per heavy atom. The zero-order valence-corrected chi connectivity index (χ0v) is 11.5. The first-order chi connectivity index (χ1) is 9.18. The second-order valence-electron chi connectivity index (χ2n) is 4.75. The number of carbonyl (C=O) groups excluding carboxylic acids is 1. The highest BCUT2D eigenvalue weighted by atomic mass is 35.5. The van der Waals surface area contributed by atoms with E-state index < -0.39 is 0 Å². The molecule has 1 aromatic carbocycles. The van der Waals surface area contributed by atoms with Crippen LogP contribution in [0.15, 0.2) is 18.2 Å². The molecule has 0 atom stereocenters. The summed E-state index contributed by atoms with van der Waals surface area (Å²) in [4.78, 5) is 13.8. The van der Waals surface area contributed by atoms with Crippen LogP contribution in [-0.4, -0.2) is 30.4 Å². The van der Waals surface area contributed by atoms with E-state index in [1.807, 2.05) is 4.90 Å². The second kappa shape index (κ2) is 6.87. The number of likely N-dealkylation sites (tertiary alicyclic amines) is 1. The third kappa shape index (κ3) is 3.91. The summed E-state index contributed by atoms with van der Waals surface area (Å²) in [6, 6.07) is 4.59. The van der Waals surface area contributed by atoms with E-state index >= 15 is 0 Å². The van der Waals surface area contributed by atoms with Crippen LogP contribution >= 0.6 is 11.6 Å². The van der Waals surface area contributed by atoms with Crippen molar-refractivity contribution in [3.05, 3.63) is 34.6 Å². The molecule has 2 rings (SSSR count). The molecule has 1 N–H and O–H groups in total. The average Bonchev–Trinajstić information content (AvgIpc) is 2.43. The summed E-state index contributed by atoms with van der Waals surface area (Å²) in [5.41, 5.74) is 0.413. The molecule has 0 radical (unpaired) electrons. The molecule has 0 unspecified atom stereocenters. The topological polar surface area (TPSA) is 32.3 Å². The van der Waals surface area contributed by atoms with Crippen LogP contribution in [0.1, 0.15) is 24.8 Å². The van der Waals surface area contributed by atoms with Crippen LogP contribution in [0.3, 0.4) is 0 Å². The fourth-order valence-electron chi connectivity index (χ4n) is 2.25. The van der Waals surface area contributed by atoms with Gasteiger partial charge < -0.3 is 10.2 Å². The first kappa shape index (κ1) is 14.3. The summed E-state index contributed by atoms with van der Waals surface area (Å²) in [7, 11) is 0. The van der Waals surface area contributed by atoms with Crippen LogP contribution in [0, 0.1) is 5.82 Å². The molecule has 0 bridgehead atoms. The van der Waals surface area contributed by atoms with Gasteiger partial charge in [0.25, 0.3) is 0 Å². The number of piperidine rings is 1. The number of benzene rings is 1. The molecule has 1 aliphatic rings. The molecule has 0 aromatic heterocycles. The maximum atomic E-state index is 13.5. The van der Waals surface area contributed by atoms with Gasteiger partial charge in [-0.15, -0.1) is 0 Å². The van der Waals surface area contributed by atoms with Crippen molar-refractivity contribution in [3.63, 3.8) is 0 Å². The van der Waals surface area contributed by atoms with Gasteiger partial charge in [-0.1, -0.05) is 17.7 Å². The minimum atomic E-state index is -0.342. The van der Waals surface area contributed by atoms with Gasteiger partial charge in [0.2, 0.25) is 5.91 Å². The number of amides is 1. The summed E-state index contributed by atoms with van der Waals surface area (Å²) in [6.07, 6.45) is 3.35. The van der Waals surface area contributed by atoms with Gasteiger partial charge in [-0.05, 0) is 31.4 Å². The van der Waals surface area contributed by atoms with Gasteiger partial charge in [-0.3, -0.25) is 4.79 Å². The first-order valence-electron chi connectivity index (χ1n) is 6.60. The Labute approximate surface area is 117 Å². The number of carbonyl (C=O) groups is 1. The molecule has 19 heavy (non-hydrogen) atoms. The van der Waals surface area contributed by atoms with E-state index in [4.69, 9.17) is 11.6 Å². The minimum absolute atomic E-state index is 0.0761. The molecule has 1 aliphatic heterocycles. The fraction of sp³-hybridized carbons (Fsp3) is 0.500. The smallest absolute Gasteiger partial charge is 0.236 e. The van der Waals surface area contributed by atoms with Crippen molar-refractivity contribution in [2.75, 3.05) is 19.6 Å². The zero-order chi connectivity index (χ0) is 13.7. The molecule has 5 heteroatoms. The Balaban J connectivity index is 1.81. The molecule has 0 saturated carbocycles. The second-order valence-corrected chi connectivity index (χ2v) is 5.15. The highest BCUT2D eigenvalue weighted by Crippen LogP contribution is 2.18. The lowest BCUT2D eigenvalue weighted by Gasteiger charge is -2.26. The van der Waals surface area contributed by atoms with Crippen molar-refractivity contribution < 1.29 is 9.18 Å². The third-order valence-corrected chi connectivity index (χ3v) is 3.70. The van der Waals surface area contributed by atoms with Gasteiger partial charge in [-0.2, -0.15) is 0 Å². The molecule has 1 aromatic rings. The molecule has 1 amide bonds. The van der Waals surface area contributed by atoms with Crippen molar-refractivity contribution in [1.82, 2.24) is 10.2 Å². The Kier molecular flexibility index (Phi) is 5.16. The Bertz CT molecular complexity index is 427. The van der Waals surface area contributed by atoms with Crippen LogP contribution in [0.2, 0.25) is 5.02 Å². The van der Waals surface area contributed by atoms with Crippen molar-refractivity contribution in [1.29, 1.82) is 0 Å². The van der Waals surface area contributed by atoms with E-state index in [0.29, 0.717) is 10.6 Å². The fourth-order valence-corrected chi connectivity index (χ4v) is 2.48. The third-order valence-electron chi connectivity index (χ3n) is 3.35. The highest BCUT2D eigenvalue weighted by Gasteiger charge is 2.16. The Morgan fingerprint density at radius 2 is 2.05 bits per heavy atom. The molecule has 1 saturated heterocycles. The minimum Gasteiger partial charge on any atom is -0.342 e. The summed E-state index contributed by atoms with van der Waals surface area (Å²) >= 11 is 5.92. The molecule has 0 spiro atoms. The normalized spacial score (nSPS) is 15.6. The molecule has 104 valence electrons. The van der Waals surface area contributed by atoms with Gasteiger partial charge >= 0.3 is 0 Å². The molecule has 1 fully saturated rings. The van der Waals surface area contributed by atoms with E-state index in [9.17, 15) is 9.18 Å². The van der Waals surface area contributed by atoms with Crippen LogP contribution in [0.25, 0.3) is 0 Å². The van der Waals surface area contributed by atoms with Crippen molar-refractivity contribution in [2.24, 2.45) is 0 Å². The van der Waals surface area contributed by atoms with E-state index in [0.717, 1.165) is 25.9 Å². The number of hydrogen-bond donors (Lipinski definition) is 1. The van der Waals surface area contributed by atoms with Gasteiger partial charge in [0.15, 0.2) is 0 Å². The van der Waals surface area contributed by atoms with Crippen molar-refractivity contribution in [3.8, 4) is 0 Å². The largest absolute Gasteiger partial charge is 0.342 e. The summed E-state index contributed by atoms with van der Waals surface area (Å²) in [5.74, 6) is -0.266. The van der Waals surface area contributed by atoms with Crippen LogP contribution in [0.5, 0.6) is 0 Å². The lowest BCUT2D eigenvalue weighted by molar-refractivity contribution is -0.131. The zero-order valence-electron chi connectivity index (χ0n) is 10.8. The first-order valence-corrected chi connectivity index (χ1v) is 6.97. The number of rotatable bonds is 4. The number of halogens is 2. The Morgan fingerprint density at radius 1 is 1.32 bits per heavy atom. The van der Waals surface area contributed by atoms with Crippen LogP contribution in [-0.2, 0) is 11.3 Å². The maximum Gasteiger partial charge on any atom is 0.236 e. The number of nitrogens with zero attached hydrogens (tertiary/aromatic N) is 1. The molecular weight excluding hydrogens is 267 g/mol. The summed E-state index contributed by atoms with van der Waals surface area (Å²) < 4.78 is 13.5. The quantitative estimate of drug-likeness (QED) is 0.922. The predicted molar refractivity (Wildman–Crippen MR) is 73.5 cm³/mol. The molecule has 0 aliphatic carbocycles. The highest BCUT2D eigenvalue weighted by molar-refractivity contribution is 6.31. The van der Waals surface area contributed by atoms with Crippen LogP contribution in [0.4, 0.5) is 4.39 Å². The van der Waals surface area contributed by atoms with Gasteiger partial charge in [0, 0.05) is 30.2 Å². The maximum absolute atomic E-state index is 13.5. The van der Waals surface area contributed by atoms with E-state index in [-0.39, 0.29) is 24.8 Å². The molecule has 3 nitrogen and oxygen atoms in total. The monoisotopic (exact) mass is 284 g/mol. The number of nitrogens with one attached hydrogen (secondary N) is 1. The van der Waals surface area contributed by atoms with Crippen LogP contribution < -0.4 is 5.32 Å². The standard InChI is InChI=1S/C14H18ClFN2O/c15-12-5-4-6-13(16)11(12)9-17-10-14(19)18-7-2-1-3-8-18/h4-6,17H,1-3,7-10H2. The predicted octanol–water partition coefficient (Wildman–Crippen LogP) is 2.58. The van der Waals surface area contributed by atoms with Crippen molar-refractivity contribution in [2.45, 2.75) is 25.8 Å². The van der Waals surface area contributed by atoms with E-state index in [1.165, 1.54) is 12.5 Å². The van der Waals surface area contributed by atoms with E-state index in [1.54, 1.807) is 12.1 Å². The molecule has 1 heterocycles.